The summed E-state index contributed by atoms with van der Waals surface area (Å²) in [5.74, 6) is 0.0520. The molecule has 0 aliphatic heterocycles. The van der Waals surface area contributed by atoms with E-state index in [-0.39, 0.29) is 22.6 Å². The second kappa shape index (κ2) is 3.48. The van der Waals surface area contributed by atoms with Crippen LogP contribution in [0.3, 0.4) is 0 Å². The highest BCUT2D eigenvalue weighted by molar-refractivity contribution is 5.55. The molecule has 0 fully saturated rings. The van der Waals surface area contributed by atoms with Crippen LogP contribution in [-0.4, -0.2) is 24.9 Å². The van der Waals surface area contributed by atoms with Gasteiger partial charge in [0.05, 0.1) is 5.56 Å². The molecule has 0 saturated carbocycles. The fourth-order valence-corrected chi connectivity index (χ4v) is 1.51. The minimum Gasteiger partial charge on any atom is -0.330 e. The first-order chi connectivity index (χ1) is 9.48. The van der Waals surface area contributed by atoms with Gasteiger partial charge in [0, 0.05) is 22.3 Å². The summed E-state index contributed by atoms with van der Waals surface area (Å²) in [7, 11) is 0. The molecule has 0 spiro atoms. The summed E-state index contributed by atoms with van der Waals surface area (Å²) < 4.78 is 23.5. The molecule has 3 rings (SSSR count). The van der Waals surface area contributed by atoms with E-state index in [0.717, 1.165) is 4.40 Å². The monoisotopic (exact) mass is 230 g/mol. The molecule has 7 nitrogen and oxygen atoms in total. The molecule has 0 unspecified atom stereocenters. The van der Waals surface area contributed by atoms with Gasteiger partial charge in [0.2, 0.25) is 0 Å². The molecule has 0 aliphatic rings. The van der Waals surface area contributed by atoms with Crippen LogP contribution < -0.4 is 10.7 Å². The lowest BCUT2D eigenvalue weighted by Crippen LogP contribution is -2.17. The third-order valence-electron chi connectivity index (χ3n) is 2.29. The van der Waals surface area contributed by atoms with Gasteiger partial charge >= 0.3 is 0 Å². The molecule has 0 N–H and O–H groups in total. The van der Waals surface area contributed by atoms with Crippen LogP contribution in [0.25, 0.3) is 17.0 Å². The molecule has 3 aromatic heterocycles. The minimum atomic E-state index is -2.35. The van der Waals surface area contributed by atoms with Crippen molar-refractivity contribution in [3.8, 4) is 11.4 Å². The number of tetrazole rings is 1. The van der Waals surface area contributed by atoms with Crippen LogP contribution in [0.15, 0.2) is 29.3 Å². The number of aryl methyl sites for hydroxylation is 1. The zero-order chi connectivity index (χ0) is 14.3. The molecular weight excluding hydrogens is 220 g/mol. The highest BCUT2D eigenvalue weighted by Gasteiger charge is 2.06. The molecule has 0 saturated heterocycles. The van der Waals surface area contributed by atoms with E-state index < -0.39 is 12.4 Å². The Labute approximate surface area is 99.4 Å². The predicted octanol–water partition coefficient (Wildman–Crippen LogP) is -0.188. The summed E-state index contributed by atoms with van der Waals surface area (Å²) in [6.45, 7) is -2.35. The average molecular weight is 230 g/mol. The van der Waals surface area contributed by atoms with Gasteiger partial charge in [-0.2, -0.15) is 5.21 Å². The molecule has 0 bridgehead atoms. The molecule has 0 aromatic carbocycles. The molecule has 0 radical (unpaired) electrons. The summed E-state index contributed by atoms with van der Waals surface area (Å²) >= 11 is 0. The summed E-state index contributed by atoms with van der Waals surface area (Å²) in [5, 5.41) is 13.8. The van der Waals surface area contributed by atoms with Crippen LogP contribution in [0.4, 0.5) is 0 Å². The minimum absolute atomic E-state index is 0.00308. The third kappa shape index (κ3) is 1.40. The first-order valence-electron chi connectivity index (χ1n) is 6.18. The van der Waals surface area contributed by atoms with Gasteiger partial charge in [-0.25, -0.2) is 4.98 Å². The fourth-order valence-electron chi connectivity index (χ4n) is 1.51. The van der Waals surface area contributed by atoms with Crippen LogP contribution in [0.1, 0.15) is 9.68 Å². The number of rotatable bonds is 1. The maximum absolute atomic E-state index is 12.3. The standard InChI is InChI=1S/C10H7N6O/c1-6-3-2-4-16-9(6)11-5-7(10(16)17)8-12-14-15-13-8/h2-5H,1H3/q-1/i1D3. The zero-order valence-corrected chi connectivity index (χ0v) is 8.40. The molecule has 0 amide bonds. The largest absolute Gasteiger partial charge is 0.330 e. The van der Waals surface area contributed by atoms with Gasteiger partial charge in [-0.3, -0.25) is 19.5 Å². The van der Waals surface area contributed by atoms with E-state index in [2.05, 4.69) is 25.6 Å². The smallest absolute Gasteiger partial charge is 0.266 e. The first-order valence-corrected chi connectivity index (χ1v) is 4.68. The van der Waals surface area contributed by atoms with Crippen molar-refractivity contribution in [2.45, 2.75) is 6.85 Å². The van der Waals surface area contributed by atoms with Gasteiger partial charge in [-0.1, -0.05) is 6.07 Å². The van der Waals surface area contributed by atoms with Gasteiger partial charge in [0.25, 0.3) is 5.56 Å². The van der Waals surface area contributed by atoms with E-state index in [9.17, 15) is 4.79 Å². The SMILES string of the molecule is [2H]C([2H])([2H])c1cccn2c(=O)c(-c3nnn[n-]3)cnc12. The quantitative estimate of drug-likeness (QED) is 0.576. The van der Waals surface area contributed by atoms with Crippen LogP contribution in [-0.2, 0) is 0 Å². The lowest BCUT2D eigenvalue weighted by Gasteiger charge is -2.05. The molecule has 3 heterocycles. The van der Waals surface area contributed by atoms with Crippen molar-refractivity contribution in [2.75, 3.05) is 0 Å². The van der Waals surface area contributed by atoms with Gasteiger partial charge < -0.3 is 5.10 Å². The number of aromatic nitrogens is 6. The van der Waals surface area contributed by atoms with Gasteiger partial charge in [0.15, 0.2) is 0 Å². The van der Waals surface area contributed by atoms with Crippen LogP contribution in [0.2, 0.25) is 0 Å². The molecular formula is C10H7N6O-. The summed E-state index contributed by atoms with van der Waals surface area (Å²) in [4.78, 5) is 16.3. The number of hydrogen-bond acceptors (Lipinski definition) is 5. The van der Waals surface area contributed by atoms with Crippen molar-refractivity contribution in [2.24, 2.45) is 0 Å². The Kier molecular flexibility index (Phi) is 1.41. The summed E-state index contributed by atoms with van der Waals surface area (Å²) in [6.07, 6.45) is 2.67. The third-order valence-corrected chi connectivity index (χ3v) is 2.29. The Balaban J connectivity index is 2.34. The van der Waals surface area contributed by atoms with E-state index >= 15 is 0 Å². The predicted molar refractivity (Wildman–Crippen MR) is 58.3 cm³/mol. The van der Waals surface area contributed by atoms with E-state index in [1.807, 2.05) is 0 Å². The maximum atomic E-state index is 12.3. The number of fused-ring (bicyclic) bond motifs is 1. The van der Waals surface area contributed by atoms with Crippen LogP contribution in [0, 0.1) is 6.85 Å². The van der Waals surface area contributed by atoms with Crippen molar-refractivity contribution >= 4 is 5.65 Å². The normalized spacial score (nSPS) is 14.2. The van der Waals surface area contributed by atoms with E-state index in [4.69, 9.17) is 4.11 Å². The lowest BCUT2D eigenvalue weighted by atomic mass is 10.2. The van der Waals surface area contributed by atoms with Gasteiger partial charge in [-0.15, -0.1) is 0 Å². The molecule has 84 valence electrons. The number of nitrogens with zero attached hydrogens (tertiary/aromatic N) is 6. The zero-order valence-electron chi connectivity index (χ0n) is 11.4. The lowest BCUT2D eigenvalue weighted by molar-refractivity contribution is 0.871. The number of hydrogen-bond donors (Lipinski definition) is 0. The number of pyridine rings is 1. The highest BCUT2D eigenvalue weighted by Crippen LogP contribution is 2.09. The van der Waals surface area contributed by atoms with E-state index in [1.54, 1.807) is 0 Å². The Morgan fingerprint density at radius 1 is 1.53 bits per heavy atom. The first kappa shape index (κ1) is 6.89. The van der Waals surface area contributed by atoms with Crippen molar-refractivity contribution in [1.29, 1.82) is 0 Å². The Morgan fingerprint density at radius 2 is 2.47 bits per heavy atom. The van der Waals surface area contributed by atoms with Gasteiger partial charge in [-0.05, 0) is 18.5 Å². The van der Waals surface area contributed by atoms with Crippen LogP contribution in [0.5, 0.6) is 0 Å². The van der Waals surface area contributed by atoms with Crippen LogP contribution >= 0.6 is 0 Å². The maximum Gasteiger partial charge on any atom is 0.266 e. The molecule has 0 atom stereocenters. The summed E-state index contributed by atoms with van der Waals surface area (Å²) in [5.41, 5.74) is -0.289. The summed E-state index contributed by atoms with van der Waals surface area (Å²) in [6, 6.07) is 2.89. The average Bonchev–Trinajstić information content (AvgIpc) is 2.91. The topological polar surface area (TPSA) is 87.1 Å². The van der Waals surface area contributed by atoms with E-state index in [0.29, 0.717) is 0 Å². The second-order valence-corrected chi connectivity index (χ2v) is 3.29. The van der Waals surface area contributed by atoms with Crippen molar-refractivity contribution in [3.05, 3.63) is 40.4 Å². The second-order valence-electron chi connectivity index (χ2n) is 3.29. The molecule has 7 heteroatoms. The van der Waals surface area contributed by atoms with E-state index in [1.165, 1.54) is 24.5 Å². The molecule has 17 heavy (non-hydrogen) atoms. The molecule has 3 aromatic rings. The molecule has 0 aliphatic carbocycles. The highest BCUT2D eigenvalue weighted by atomic mass is 16.1. The Bertz CT molecular complexity index is 823. The van der Waals surface area contributed by atoms with Crippen molar-refractivity contribution < 1.29 is 4.11 Å². The Morgan fingerprint density at radius 3 is 3.24 bits per heavy atom. The Hall–Kier alpha value is -2.57. The van der Waals surface area contributed by atoms with Gasteiger partial charge in [0.1, 0.15) is 5.65 Å². The van der Waals surface area contributed by atoms with Crippen molar-refractivity contribution in [3.63, 3.8) is 0 Å². The van der Waals surface area contributed by atoms with Crippen molar-refractivity contribution in [1.82, 2.24) is 30.0 Å². The fraction of sp³-hybridized carbons (Fsp3) is 0.100.